The third-order valence-corrected chi connectivity index (χ3v) is 5.88. The number of nitro groups is 1. The highest BCUT2D eigenvalue weighted by atomic mass is 35.5. The molecule has 9 nitrogen and oxygen atoms in total. The van der Waals surface area contributed by atoms with Gasteiger partial charge in [0.1, 0.15) is 11.5 Å². The van der Waals surface area contributed by atoms with Gasteiger partial charge in [-0.2, -0.15) is 5.10 Å². The Labute approximate surface area is 220 Å². The molecule has 0 aliphatic heterocycles. The molecular formula is C24H17Cl3N4O5. The number of nitrogens with zero attached hydrogens (tertiary/aromatic N) is 3. The Balaban J connectivity index is 1.48. The lowest BCUT2D eigenvalue weighted by Gasteiger charge is -2.10. The monoisotopic (exact) mass is 546 g/mol. The zero-order valence-corrected chi connectivity index (χ0v) is 20.8. The van der Waals surface area contributed by atoms with Gasteiger partial charge in [-0.3, -0.25) is 14.9 Å². The van der Waals surface area contributed by atoms with Gasteiger partial charge in [-0.25, -0.2) is 4.68 Å². The number of rotatable bonds is 8. The average molecular weight is 548 g/mol. The third-order valence-electron chi connectivity index (χ3n) is 4.86. The highest BCUT2D eigenvalue weighted by Gasteiger charge is 2.16. The van der Waals surface area contributed by atoms with E-state index in [0.29, 0.717) is 26.6 Å². The van der Waals surface area contributed by atoms with E-state index in [0.717, 1.165) is 5.56 Å². The number of ether oxygens (including phenoxy) is 2. The van der Waals surface area contributed by atoms with Crippen LogP contribution in [-0.4, -0.2) is 20.6 Å². The van der Waals surface area contributed by atoms with Crippen molar-refractivity contribution in [2.45, 2.75) is 13.7 Å². The van der Waals surface area contributed by atoms with Crippen LogP contribution in [0.2, 0.25) is 15.1 Å². The van der Waals surface area contributed by atoms with Gasteiger partial charge in [0.15, 0.2) is 18.2 Å². The van der Waals surface area contributed by atoms with E-state index in [9.17, 15) is 14.9 Å². The van der Waals surface area contributed by atoms with Crippen molar-refractivity contribution in [2.75, 3.05) is 5.32 Å². The van der Waals surface area contributed by atoms with Crippen molar-refractivity contribution in [1.82, 2.24) is 9.78 Å². The number of aryl methyl sites for hydroxylation is 1. The molecule has 4 aromatic rings. The SMILES string of the molecule is Cc1cc(Oc2cc(NC(=O)c3ccn(COc4c(Cl)cccc4Cl)n3)cc([N+](=O)[O-])c2)ccc1Cl. The maximum Gasteiger partial charge on any atom is 0.276 e. The van der Waals surface area contributed by atoms with Crippen LogP contribution in [0.4, 0.5) is 11.4 Å². The lowest BCUT2D eigenvalue weighted by Crippen LogP contribution is -2.14. The zero-order chi connectivity index (χ0) is 25.8. The number of nitro benzene ring substituents is 1. The Hall–Kier alpha value is -3.79. The highest BCUT2D eigenvalue weighted by molar-refractivity contribution is 6.37. The molecule has 0 unspecified atom stereocenters. The first-order valence-corrected chi connectivity index (χ1v) is 11.5. The number of para-hydroxylation sites is 1. The van der Waals surface area contributed by atoms with E-state index < -0.39 is 10.8 Å². The van der Waals surface area contributed by atoms with E-state index in [-0.39, 0.29) is 29.5 Å². The van der Waals surface area contributed by atoms with Crippen molar-refractivity contribution in [3.8, 4) is 17.2 Å². The van der Waals surface area contributed by atoms with Crippen molar-refractivity contribution in [2.24, 2.45) is 0 Å². The van der Waals surface area contributed by atoms with Crippen LogP contribution < -0.4 is 14.8 Å². The number of hydrogen-bond donors (Lipinski definition) is 1. The predicted molar refractivity (Wildman–Crippen MR) is 137 cm³/mol. The molecule has 0 bridgehead atoms. The van der Waals surface area contributed by atoms with Crippen LogP contribution in [-0.2, 0) is 6.73 Å². The minimum atomic E-state index is -0.585. The normalized spacial score (nSPS) is 10.7. The highest BCUT2D eigenvalue weighted by Crippen LogP contribution is 2.33. The number of nitrogens with one attached hydrogen (secondary N) is 1. The van der Waals surface area contributed by atoms with Gasteiger partial charge in [-0.1, -0.05) is 40.9 Å². The number of aromatic nitrogens is 2. The van der Waals surface area contributed by atoms with Gasteiger partial charge in [-0.15, -0.1) is 0 Å². The number of amides is 1. The molecule has 1 amide bonds. The number of carbonyl (C=O) groups excluding carboxylic acids is 1. The number of benzene rings is 3. The Morgan fingerprint density at radius 2 is 1.78 bits per heavy atom. The van der Waals surface area contributed by atoms with Crippen LogP contribution in [0.3, 0.4) is 0 Å². The van der Waals surface area contributed by atoms with Crippen LogP contribution in [0.5, 0.6) is 17.2 Å². The van der Waals surface area contributed by atoms with Gasteiger partial charge in [0.25, 0.3) is 11.6 Å². The molecule has 1 aromatic heterocycles. The van der Waals surface area contributed by atoms with Gasteiger partial charge in [0.05, 0.1) is 26.7 Å². The molecule has 12 heteroatoms. The first-order chi connectivity index (χ1) is 17.2. The molecule has 1 N–H and O–H groups in total. The maximum absolute atomic E-state index is 12.7. The zero-order valence-electron chi connectivity index (χ0n) is 18.6. The van der Waals surface area contributed by atoms with E-state index in [1.807, 2.05) is 6.92 Å². The van der Waals surface area contributed by atoms with Crippen LogP contribution in [0.15, 0.2) is 66.9 Å². The van der Waals surface area contributed by atoms with Gasteiger partial charge in [0, 0.05) is 23.4 Å². The summed E-state index contributed by atoms with van der Waals surface area (Å²) in [6.07, 6.45) is 1.53. The quantitative estimate of drug-likeness (QED) is 0.185. The molecular weight excluding hydrogens is 531 g/mol. The molecule has 0 aliphatic carbocycles. The second-order valence-electron chi connectivity index (χ2n) is 7.50. The van der Waals surface area contributed by atoms with Gasteiger partial charge in [-0.05, 0) is 48.9 Å². The summed E-state index contributed by atoms with van der Waals surface area (Å²) in [5.41, 5.74) is 0.739. The van der Waals surface area contributed by atoms with Crippen molar-refractivity contribution < 1.29 is 19.2 Å². The van der Waals surface area contributed by atoms with Crippen LogP contribution in [0.1, 0.15) is 16.1 Å². The van der Waals surface area contributed by atoms with Crippen LogP contribution in [0.25, 0.3) is 0 Å². The first-order valence-electron chi connectivity index (χ1n) is 10.3. The van der Waals surface area contributed by atoms with Crippen LogP contribution in [0, 0.1) is 17.0 Å². The van der Waals surface area contributed by atoms with Crippen molar-refractivity contribution >= 4 is 52.1 Å². The molecule has 3 aromatic carbocycles. The fourth-order valence-electron chi connectivity index (χ4n) is 3.14. The smallest absolute Gasteiger partial charge is 0.276 e. The summed E-state index contributed by atoms with van der Waals surface area (Å²) in [5.74, 6) is 0.310. The first kappa shape index (κ1) is 25.3. The summed E-state index contributed by atoms with van der Waals surface area (Å²) in [6, 6.07) is 15.4. The van der Waals surface area contributed by atoms with Gasteiger partial charge in [0.2, 0.25) is 0 Å². The molecule has 0 spiro atoms. The van der Waals surface area contributed by atoms with E-state index >= 15 is 0 Å². The fraction of sp³-hybridized carbons (Fsp3) is 0.0833. The molecule has 1 heterocycles. The van der Waals surface area contributed by atoms with Gasteiger partial charge >= 0.3 is 0 Å². The van der Waals surface area contributed by atoms with Crippen molar-refractivity contribution in [1.29, 1.82) is 0 Å². The largest absolute Gasteiger partial charge is 0.468 e. The molecule has 36 heavy (non-hydrogen) atoms. The molecule has 0 saturated carbocycles. The van der Waals surface area contributed by atoms with E-state index in [1.54, 1.807) is 36.4 Å². The molecule has 0 atom stereocenters. The summed E-state index contributed by atoms with van der Waals surface area (Å²) in [5, 5.41) is 19.4. The molecule has 0 aliphatic rings. The average Bonchev–Trinajstić information content (AvgIpc) is 3.30. The lowest BCUT2D eigenvalue weighted by atomic mass is 10.2. The third kappa shape index (κ3) is 6.06. The number of halogens is 3. The van der Waals surface area contributed by atoms with Gasteiger partial charge < -0.3 is 14.8 Å². The van der Waals surface area contributed by atoms with Crippen molar-refractivity contribution in [3.63, 3.8) is 0 Å². The topological polar surface area (TPSA) is 109 Å². The maximum atomic E-state index is 12.7. The van der Waals surface area contributed by atoms with Crippen molar-refractivity contribution in [3.05, 3.63) is 103 Å². The number of non-ortho nitro benzene ring substituents is 1. The Morgan fingerprint density at radius 1 is 1.03 bits per heavy atom. The number of carbonyl (C=O) groups is 1. The molecule has 4 rings (SSSR count). The molecule has 184 valence electrons. The molecule has 0 fully saturated rings. The number of hydrogen-bond acceptors (Lipinski definition) is 6. The lowest BCUT2D eigenvalue weighted by molar-refractivity contribution is -0.384. The number of anilines is 1. The minimum Gasteiger partial charge on any atom is -0.468 e. The predicted octanol–water partition coefficient (Wildman–Crippen LogP) is 7.14. The van der Waals surface area contributed by atoms with E-state index in [1.165, 1.54) is 35.1 Å². The van der Waals surface area contributed by atoms with E-state index in [2.05, 4.69) is 10.4 Å². The minimum absolute atomic E-state index is 0.0496. The Morgan fingerprint density at radius 3 is 2.47 bits per heavy atom. The Kier molecular flexibility index (Phi) is 7.64. The van der Waals surface area contributed by atoms with Crippen LogP contribution >= 0.6 is 34.8 Å². The van der Waals surface area contributed by atoms with E-state index in [4.69, 9.17) is 44.3 Å². The second-order valence-corrected chi connectivity index (χ2v) is 8.73. The Bertz CT molecular complexity index is 1440. The molecule has 0 saturated heterocycles. The summed E-state index contributed by atoms with van der Waals surface area (Å²) < 4.78 is 12.7. The fourth-order valence-corrected chi connectivity index (χ4v) is 3.76. The molecule has 0 radical (unpaired) electrons. The second kappa shape index (κ2) is 10.9. The summed E-state index contributed by atoms with van der Waals surface area (Å²) in [4.78, 5) is 23.6. The summed E-state index contributed by atoms with van der Waals surface area (Å²) in [6.45, 7) is 1.76. The summed E-state index contributed by atoms with van der Waals surface area (Å²) in [7, 11) is 0. The standard InChI is InChI=1S/C24H17Cl3N4O5/c1-14-9-17(5-6-19(14)25)36-18-11-15(10-16(12-18)31(33)34)28-24(32)22-7-8-30(29-22)13-35-23-20(26)3-2-4-21(23)27/h2-12H,13H2,1H3,(H,28,32). The summed E-state index contributed by atoms with van der Waals surface area (Å²) >= 11 is 18.2.